The SMILES string of the molecule is C=C(CCF)n1cc2c(N[C@@H](C)c3cccc(C(C)(F)F)c3F)ncnc2c(C)c1=O. The van der Waals surface area contributed by atoms with Crippen molar-refractivity contribution in [3.8, 4) is 0 Å². The number of hydrogen-bond donors (Lipinski definition) is 1. The fraction of sp³-hybridized carbons (Fsp3) is 0.318. The molecule has 0 aliphatic rings. The largest absolute Gasteiger partial charge is 0.363 e. The number of anilines is 1. The number of allylic oxidation sites excluding steroid dienone is 1. The fourth-order valence-electron chi connectivity index (χ4n) is 3.37. The molecule has 0 bridgehead atoms. The van der Waals surface area contributed by atoms with Crippen LogP contribution in [0.4, 0.5) is 23.4 Å². The van der Waals surface area contributed by atoms with Gasteiger partial charge in [-0.25, -0.2) is 23.1 Å². The Kier molecular flexibility index (Phi) is 6.15. The highest BCUT2D eigenvalue weighted by molar-refractivity contribution is 5.90. The average Bonchev–Trinajstić information content (AvgIpc) is 2.70. The molecule has 31 heavy (non-hydrogen) atoms. The Hall–Kier alpha value is -3.23. The first kappa shape index (κ1) is 22.5. The van der Waals surface area contributed by atoms with Crippen molar-refractivity contribution in [2.75, 3.05) is 12.0 Å². The fourth-order valence-corrected chi connectivity index (χ4v) is 3.37. The predicted octanol–water partition coefficient (Wildman–Crippen LogP) is 5.35. The Morgan fingerprint density at radius 3 is 2.68 bits per heavy atom. The minimum Gasteiger partial charge on any atom is -0.363 e. The summed E-state index contributed by atoms with van der Waals surface area (Å²) in [4.78, 5) is 20.9. The monoisotopic (exact) mass is 434 g/mol. The number of hydrogen-bond acceptors (Lipinski definition) is 4. The molecular formula is C22H22F4N4O. The minimum atomic E-state index is -3.33. The van der Waals surface area contributed by atoms with Crippen molar-refractivity contribution < 1.29 is 17.6 Å². The summed E-state index contributed by atoms with van der Waals surface area (Å²) in [7, 11) is 0. The number of benzene rings is 1. The van der Waals surface area contributed by atoms with Gasteiger partial charge in [0.2, 0.25) is 0 Å². The first-order valence-corrected chi connectivity index (χ1v) is 9.60. The van der Waals surface area contributed by atoms with Crippen LogP contribution < -0.4 is 10.9 Å². The van der Waals surface area contributed by atoms with Gasteiger partial charge in [0, 0.05) is 36.4 Å². The summed E-state index contributed by atoms with van der Waals surface area (Å²) in [6, 6.07) is 3.10. The third kappa shape index (κ3) is 4.30. The van der Waals surface area contributed by atoms with Crippen LogP contribution in [0.1, 0.15) is 43.0 Å². The van der Waals surface area contributed by atoms with E-state index in [2.05, 4.69) is 21.9 Å². The van der Waals surface area contributed by atoms with Crippen LogP contribution in [0, 0.1) is 12.7 Å². The van der Waals surface area contributed by atoms with E-state index in [0.717, 1.165) is 6.07 Å². The van der Waals surface area contributed by atoms with E-state index in [0.29, 0.717) is 23.4 Å². The molecule has 0 aliphatic heterocycles. The first-order chi connectivity index (χ1) is 14.6. The van der Waals surface area contributed by atoms with Crippen LogP contribution in [-0.4, -0.2) is 21.2 Å². The number of halogens is 4. The zero-order chi connectivity index (χ0) is 22.9. The highest BCUT2D eigenvalue weighted by Crippen LogP contribution is 2.33. The number of fused-ring (bicyclic) bond motifs is 1. The van der Waals surface area contributed by atoms with Crippen LogP contribution in [0.5, 0.6) is 0 Å². The number of rotatable bonds is 7. The lowest BCUT2D eigenvalue weighted by Gasteiger charge is -2.20. The summed E-state index contributed by atoms with van der Waals surface area (Å²) in [5, 5.41) is 3.44. The molecular weight excluding hydrogens is 412 g/mol. The normalized spacial score (nSPS) is 12.7. The second kappa shape index (κ2) is 8.49. The van der Waals surface area contributed by atoms with Crippen LogP contribution in [0.2, 0.25) is 0 Å². The van der Waals surface area contributed by atoms with Gasteiger partial charge in [0.05, 0.1) is 29.2 Å². The summed E-state index contributed by atoms with van der Waals surface area (Å²) < 4.78 is 56.2. The standard InChI is InChI=1S/C22H22F4N4O/c1-12(8-9-23)30-10-16-19(13(2)21(30)31)27-11-28-20(16)29-14(3)15-6-5-7-17(18(15)24)22(4,25)26/h5-7,10-11,14H,1,8-9H2,2-4H3,(H,27,28,29)/t14-/m0/s1. The number of nitrogens with zero attached hydrogens (tertiary/aromatic N) is 3. The van der Waals surface area contributed by atoms with Gasteiger partial charge < -0.3 is 5.32 Å². The third-order valence-electron chi connectivity index (χ3n) is 5.08. The number of aryl methyl sites for hydroxylation is 1. The van der Waals surface area contributed by atoms with Crippen molar-refractivity contribution in [3.05, 3.63) is 70.2 Å². The highest BCUT2D eigenvalue weighted by atomic mass is 19.3. The molecule has 1 atom stereocenters. The molecule has 1 N–H and O–H groups in total. The smallest absolute Gasteiger partial charge is 0.273 e. The van der Waals surface area contributed by atoms with Crippen LogP contribution in [0.25, 0.3) is 16.6 Å². The zero-order valence-electron chi connectivity index (χ0n) is 17.3. The number of alkyl halides is 3. The van der Waals surface area contributed by atoms with Gasteiger partial charge in [-0.1, -0.05) is 24.8 Å². The molecule has 5 nitrogen and oxygen atoms in total. The molecule has 0 aliphatic carbocycles. The molecule has 0 radical (unpaired) electrons. The number of pyridine rings is 1. The van der Waals surface area contributed by atoms with E-state index in [4.69, 9.17) is 0 Å². The lowest BCUT2D eigenvalue weighted by molar-refractivity contribution is 0.0136. The summed E-state index contributed by atoms with van der Waals surface area (Å²) in [5.74, 6) is -4.06. The topological polar surface area (TPSA) is 59.8 Å². The molecule has 9 heteroatoms. The zero-order valence-corrected chi connectivity index (χ0v) is 17.3. The van der Waals surface area contributed by atoms with E-state index in [1.807, 2.05) is 0 Å². The van der Waals surface area contributed by atoms with Crippen LogP contribution in [0.15, 0.2) is 42.1 Å². The molecule has 3 aromatic rings. The minimum absolute atomic E-state index is 0.0268. The van der Waals surface area contributed by atoms with Crippen molar-refractivity contribution in [2.24, 2.45) is 0 Å². The lowest BCUT2D eigenvalue weighted by atomic mass is 10.0. The highest BCUT2D eigenvalue weighted by Gasteiger charge is 2.30. The van der Waals surface area contributed by atoms with Crippen molar-refractivity contribution in [2.45, 2.75) is 39.2 Å². The van der Waals surface area contributed by atoms with Crippen molar-refractivity contribution >= 4 is 22.4 Å². The van der Waals surface area contributed by atoms with Gasteiger partial charge >= 0.3 is 0 Å². The van der Waals surface area contributed by atoms with Gasteiger partial charge in [0.25, 0.3) is 11.5 Å². The molecule has 1 aromatic carbocycles. The Morgan fingerprint density at radius 1 is 1.32 bits per heavy atom. The predicted molar refractivity (Wildman–Crippen MR) is 112 cm³/mol. The quantitative estimate of drug-likeness (QED) is 0.509. The molecule has 164 valence electrons. The number of aromatic nitrogens is 3. The molecule has 2 aromatic heterocycles. The second-order valence-corrected chi connectivity index (χ2v) is 7.38. The molecule has 3 rings (SSSR count). The Labute approximate surface area is 176 Å². The van der Waals surface area contributed by atoms with Gasteiger partial charge in [-0.3, -0.25) is 13.8 Å². The molecule has 0 saturated heterocycles. The number of nitrogens with one attached hydrogen (secondary N) is 1. The average molecular weight is 434 g/mol. The Balaban J connectivity index is 2.08. The van der Waals surface area contributed by atoms with Crippen molar-refractivity contribution in [1.29, 1.82) is 0 Å². The maximum Gasteiger partial charge on any atom is 0.273 e. The van der Waals surface area contributed by atoms with E-state index < -0.39 is 30.0 Å². The van der Waals surface area contributed by atoms with Crippen LogP contribution in [0.3, 0.4) is 0 Å². The van der Waals surface area contributed by atoms with Gasteiger partial charge in [-0.05, 0) is 13.8 Å². The van der Waals surface area contributed by atoms with Crippen LogP contribution >= 0.6 is 0 Å². The van der Waals surface area contributed by atoms with Crippen LogP contribution in [-0.2, 0) is 5.92 Å². The molecule has 0 spiro atoms. The maximum atomic E-state index is 14.8. The van der Waals surface area contributed by atoms with Gasteiger partial charge in [-0.2, -0.15) is 0 Å². The first-order valence-electron chi connectivity index (χ1n) is 9.60. The maximum absolute atomic E-state index is 14.8. The van der Waals surface area contributed by atoms with E-state index in [9.17, 15) is 22.4 Å². The molecule has 0 unspecified atom stereocenters. The van der Waals surface area contributed by atoms with E-state index in [1.165, 1.54) is 29.2 Å². The van der Waals surface area contributed by atoms with E-state index >= 15 is 0 Å². The summed E-state index contributed by atoms with van der Waals surface area (Å²) in [5.41, 5.74) is -0.0874. The van der Waals surface area contributed by atoms with E-state index in [-0.39, 0.29) is 29.1 Å². The molecule has 0 saturated carbocycles. The molecule has 0 fully saturated rings. The van der Waals surface area contributed by atoms with Crippen molar-refractivity contribution in [3.63, 3.8) is 0 Å². The summed E-state index contributed by atoms with van der Waals surface area (Å²) in [6.07, 6.45) is 2.67. The Morgan fingerprint density at radius 2 is 2.03 bits per heavy atom. The van der Waals surface area contributed by atoms with Gasteiger partial charge in [-0.15, -0.1) is 0 Å². The second-order valence-electron chi connectivity index (χ2n) is 7.38. The molecule has 0 amide bonds. The summed E-state index contributed by atoms with van der Waals surface area (Å²) >= 11 is 0. The van der Waals surface area contributed by atoms with Gasteiger partial charge in [0.15, 0.2) is 0 Å². The molecule has 2 heterocycles. The summed E-state index contributed by atoms with van der Waals surface area (Å²) in [6.45, 7) is 6.90. The van der Waals surface area contributed by atoms with Gasteiger partial charge in [0.1, 0.15) is 18.0 Å². The van der Waals surface area contributed by atoms with E-state index in [1.54, 1.807) is 13.8 Å². The third-order valence-corrected chi connectivity index (χ3v) is 5.08. The van der Waals surface area contributed by atoms with Crippen molar-refractivity contribution in [1.82, 2.24) is 14.5 Å². The lowest BCUT2D eigenvalue weighted by Crippen LogP contribution is -2.22. The Bertz CT molecular complexity index is 1200.